The summed E-state index contributed by atoms with van der Waals surface area (Å²) in [4.78, 5) is 18.7. The van der Waals surface area contributed by atoms with Gasteiger partial charge in [0.1, 0.15) is 5.82 Å². The van der Waals surface area contributed by atoms with Gasteiger partial charge in [0.2, 0.25) is 5.82 Å². The highest BCUT2D eigenvalue weighted by Crippen LogP contribution is 2.37. The lowest BCUT2D eigenvalue weighted by atomic mass is 9.94. The first kappa shape index (κ1) is 19.1. The fourth-order valence-electron chi connectivity index (χ4n) is 3.42. The maximum atomic E-state index is 13.8. The molecular weight excluding hydrogens is 395 g/mol. The Morgan fingerprint density at radius 2 is 2.00 bits per heavy atom. The van der Waals surface area contributed by atoms with Crippen molar-refractivity contribution in [2.24, 2.45) is 0 Å². The minimum Gasteiger partial charge on any atom is -0.334 e. The Hall–Kier alpha value is -3.19. The van der Waals surface area contributed by atoms with E-state index in [-0.39, 0.29) is 17.7 Å². The van der Waals surface area contributed by atoms with Crippen LogP contribution in [0.2, 0.25) is 5.02 Å². The number of rotatable bonds is 4. The minimum absolute atomic E-state index is 0.263. The topological polar surface area (TPSA) is 71.3 Å². The number of urea groups is 1. The molecule has 0 spiro atoms. The van der Waals surface area contributed by atoms with E-state index in [2.05, 4.69) is 15.5 Å². The number of nitrogens with zero attached hydrogens (tertiary/aromatic N) is 3. The molecule has 1 atom stereocenters. The van der Waals surface area contributed by atoms with Crippen molar-refractivity contribution in [3.05, 3.63) is 76.5 Å². The van der Waals surface area contributed by atoms with Crippen molar-refractivity contribution in [2.75, 3.05) is 6.54 Å². The third-order valence-corrected chi connectivity index (χ3v) is 5.11. The molecular formula is C21H18ClFN4O2. The average Bonchev–Trinajstić information content (AvgIpc) is 3.18. The third kappa shape index (κ3) is 3.61. The number of hydrogen-bond acceptors (Lipinski definition) is 4. The van der Waals surface area contributed by atoms with Crippen LogP contribution >= 0.6 is 11.6 Å². The van der Waals surface area contributed by atoms with Crippen molar-refractivity contribution in [2.45, 2.75) is 19.9 Å². The Bertz CT molecular complexity index is 1090. The Kier molecular flexibility index (Phi) is 5.07. The predicted molar refractivity (Wildman–Crippen MR) is 107 cm³/mol. The van der Waals surface area contributed by atoms with E-state index in [0.717, 1.165) is 5.56 Å². The number of halogens is 2. The van der Waals surface area contributed by atoms with Gasteiger partial charge in [-0.2, -0.15) is 4.98 Å². The standard InChI is InChI=1S/C21H18ClFN4O2/c1-3-27-12(2)17(18(24-21(27)28)14-5-4-6-16(23)11-14)20-25-19(26-29-20)13-7-9-15(22)10-8-13/h4-11,18H,3H2,1-2H3,(H,24,28). The summed E-state index contributed by atoms with van der Waals surface area (Å²) in [6.45, 7) is 4.15. The first-order valence-corrected chi connectivity index (χ1v) is 9.50. The van der Waals surface area contributed by atoms with Crippen molar-refractivity contribution >= 4 is 23.2 Å². The summed E-state index contributed by atoms with van der Waals surface area (Å²) in [6.07, 6.45) is 0. The molecule has 0 saturated heterocycles. The number of allylic oxidation sites excluding steroid dienone is 1. The number of hydrogen-bond donors (Lipinski definition) is 1. The van der Waals surface area contributed by atoms with E-state index in [1.54, 1.807) is 41.3 Å². The quantitative estimate of drug-likeness (QED) is 0.651. The third-order valence-electron chi connectivity index (χ3n) is 4.85. The van der Waals surface area contributed by atoms with Crippen LogP contribution < -0.4 is 5.32 Å². The lowest BCUT2D eigenvalue weighted by molar-refractivity contribution is 0.207. The van der Waals surface area contributed by atoms with Crippen molar-refractivity contribution in [1.29, 1.82) is 0 Å². The van der Waals surface area contributed by atoms with Gasteiger partial charge in [0, 0.05) is 22.8 Å². The Morgan fingerprint density at radius 1 is 1.24 bits per heavy atom. The van der Waals surface area contributed by atoms with Crippen molar-refractivity contribution in [3.63, 3.8) is 0 Å². The Morgan fingerprint density at radius 3 is 2.69 bits per heavy atom. The second-order valence-corrected chi connectivity index (χ2v) is 7.05. The van der Waals surface area contributed by atoms with Gasteiger partial charge in [0.25, 0.3) is 5.89 Å². The van der Waals surface area contributed by atoms with Crippen LogP contribution in [0.1, 0.15) is 31.3 Å². The number of nitrogens with one attached hydrogen (secondary N) is 1. The lowest BCUT2D eigenvalue weighted by Gasteiger charge is -2.34. The fraction of sp³-hybridized carbons (Fsp3) is 0.190. The van der Waals surface area contributed by atoms with Crippen molar-refractivity contribution < 1.29 is 13.7 Å². The summed E-state index contributed by atoms with van der Waals surface area (Å²) in [6, 6.07) is 12.3. The summed E-state index contributed by atoms with van der Waals surface area (Å²) >= 11 is 5.94. The average molecular weight is 413 g/mol. The van der Waals surface area contributed by atoms with Crippen LogP contribution in [0.25, 0.3) is 17.0 Å². The van der Waals surface area contributed by atoms with Crippen LogP contribution in [0.3, 0.4) is 0 Å². The predicted octanol–water partition coefficient (Wildman–Crippen LogP) is 5.05. The number of carbonyl (C=O) groups is 1. The van der Waals surface area contributed by atoms with Gasteiger partial charge >= 0.3 is 6.03 Å². The van der Waals surface area contributed by atoms with E-state index in [9.17, 15) is 9.18 Å². The molecule has 1 unspecified atom stereocenters. The summed E-state index contributed by atoms with van der Waals surface area (Å²) < 4.78 is 19.4. The summed E-state index contributed by atoms with van der Waals surface area (Å²) in [5, 5.41) is 7.59. The zero-order valence-electron chi connectivity index (χ0n) is 15.8. The molecule has 1 N–H and O–H groups in total. The van der Waals surface area contributed by atoms with E-state index >= 15 is 0 Å². The highest BCUT2D eigenvalue weighted by Gasteiger charge is 2.35. The van der Waals surface area contributed by atoms with Gasteiger partial charge in [0.15, 0.2) is 0 Å². The number of carbonyl (C=O) groups excluding carboxylic acids is 1. The molecule has 2 amide bonds. The van der Waals surface area contributed by atoms with Gasteiger partial charge in [0.05, 0.1) is 11.6 Å². The number of amides is 2. The monoisotopic (exact) mass is 412 g/mol. The highest BCUT2D eigenvalue weighted by molar-refractivity contribution is 6.30. The van der Waals surface area contributed by atoms with Crippen LogP contribution in [0.15, 0.2) is 58.8 Å². The molecule has 6 nitrogen and oxygen atoms in total. The van der Waals surface area contributed by atoms with Crippen LogP contribution in [0.4, 0.5) is 9.18 Å². The molecule has 8 heteroatoms. The first-order valence-electron chi connectivity index (χ1n) is 9.12. The molecule has 0 saturated carbocycles. The highest BCUT2D eigenvalue weighted by atomic mass is 35.5. The van der Waals surface area contributed by atoms with E-state index < -0.39 is 6.04 Å². The fourth-order valence-corrected chi connectivity index (χ4v) is 3.55. The summed E-state index contributed by atoms with van der Waals surface area (Å²) in [5.41, 5.74) is 2.65. The molecule has 1 aromatic heterocycles. The molecule has 29 heavy (non-hydrogen) atoms. The van der Waals surface area contributed by atoms with E-state index in [1.807, 2.05) is 13.8 Å². The molecule has 0 radical (unpaired) electrons. The molecule has 2 heterocycles. The number of aromatic nitrogens is 2. The van der Waals surface area contributed by atoms with Gasteiger partial charge in [-0.3, -0.25) is 4.90 Å². The van der Waals surface area contributed by atoms with E-state index in [1.165, 1.54) is 12.1 Å². The van der Waals surface area contributed by atoms with Gasteiger partial charge in [-0.25, -0.2) is 9.18 Å². The Labute approximate surface area is 172 Å². The molecule has 4 rings (SSSR count). The van der Waals surface area contributed by atoms with Crippen LogP contribution in [0.5, 0.6) is 0 Å². The molecule has 0 aliphatic carbocycles. The molecule has 0 bridgehead atoms. The number of benzene rings is 2. The summed E-state index contributed by atoms with van der Waals surface area (Å²) in [5.74, 6) is 0.272. The molecule has 2 aromatic carbocycles. The van der Waals surface area contributed by atoms with Gasteiger partial charge in [-0.05, 0) is 55.8 Å². The van der Waals surface area contributed by atoms with E-state index in [0.29, 0.717) is 34.2 Å². The zero-order valence-corrected chi connectivity index (χ0v) is 16.6. The Balaban J connectivity index is 1.81. The van der Waals surface area contributed by atoms with Gasteiger partial charge in [-0.1, -0.05) is 28.9 Å². The minimum atomic E-state index is -0.612. The van der Waals surface area contributed by atoms with E-state index in [4.69, 9.17) is 16.1 Å². The second-order valence-electron chi connectivity index (χ2n) is 6.61. The smallest absolute Gasteiger partial charge is 0.322 e. The lowest BCUT2D eigenvalue weighted by Crippen LogP contribution is -2.45. The molecule has 1 aliphatic rings. The molecule has 3 aromatic rings. The van der Waals surface area contributed by atoms with Crippen LogP contribution in [-0.2, 0) is 0 Å². The zero-order chi connectivity index (χ0) is 20.5. The van der Waals surface area contributed by atoms with Gasteiger partial charge < -0.3 is 9.84 Å². The van der Waals surface area contributed by atoms with Crippen LogP contribution in [-0.4, -0.2) is 27.6 Å². The van der Waals surface area contributed by atoms with Crippen LogP contribution in [0, 0.1) is 5.82 Å². The molecule has 1 aliphatic heterocycles. The van der Waals surface area contributed by atoms with Crippen molar-refractivity contribution in [1.82, 2.24) is 20.4 Å². The summed E-state index contributed by atoms with van der Waals surface area (Å²) in [7, 11) is 0. The second kappa shape index (κ2) is 7.67. The molecule has 148 valence electrons. The van der Waals surface area contributed by atoms with Crippen molar-refractivity contribution in [3.8, 4) is 11.4 Å². The SMILES string of the molecule is CCN1C(=O)NC(c2cccc(F)c2)C(c2nc(-c3ccc(Cl)cc3)no2)=C1C. The largest absolute Gasteiger partial charge is 0.334 e. The maximum absolute atomic E-state index is 13.8. The van der Waals surface area contributed by atoms with Gasteiger partial charge in [-0.15, -0.1) is 0 Å². The maximum Gasteiger partial charge on any atom is 0.322 e. The normalized spacial score (nSPS) is 16.9. The first-order chi connectivity index (χ1) is 14.0. The molecule has 0 fully saturated rings.